The van der Waals surface area contributed by atoms with E-state index in [0.29, 0.717) is 25.2 Å². The number of aromatic nitrogens is 1. The number of hydrogen-bond donors (Lipinski definition) is 2. The van der Waals surface area contributed by atoms with Gasteiger partial charge < -0.3 is 19.9 Å². The summed E-state index contributed by atoms with van der Waals surface area (Å²) in [6.45, 7) is 2.15. The van der Waals surface area contributed by atoms with Gasteiger partial charge in [0.25, 0.3) is 5.91 Å². The molecule has 2 aliphatic heterocycles. The van der Waals surface area contributed by atoms with Gasteiger partial charge in [0.15, 0.2) is 0 Å². The van der Waals surface area contributed by atoms with Crippen molar-refractivity contribution in [3.05, 3.63) is 30.0 Å². The van der Waals surface area contributed by atoms with Crippen LogP contribution in [0.4, 0.5) is 0 Å². The molecule has 2 aliphatic rings. The van der Waals surface area contributed by atoms with Crippen LogP contribution in [0, 0.1) is 5.41 Å². The highest BCUT2D eigenvalue weighted by Crippen LogP contribution is 2.37. The second-order valence-electron chi connectivity index (χ2n) is 6.88. The van der Waals surface area contributed by atoms with E-state index in [1.807, 2.05) is 29.2 Å². The van der Waals surface area contributed by atoms with Gasteiger partial charge >= 0.3 is 0 Å². The van der Waals surface area contributed by atoms with Crippen LogP contribution < -0.4 is 10.1 Å². The summed E-state index contributed by atoms with van der Waals surface area (Å²) in [5.74, 6) is 0.940. The highest BCUT2D eigenvalue weighted by atomic mass is 16.5. The number of H-pyrrole nitrogens is 1. The predicted molar refractivity (Wildman–Crippen MR) is 90.0 cm³/mol. The van der Waals surface area contributed by atoms with E-state index < -0.39 is 0 Å². The first-order chi connectivity index (χ1) is 11.6. The molecule has 2 fully saturated rings. The molecule has 0 bridgehead atoms. The Morgan fingerprint density at radius 1 is 1.25 bits per heavy atom. The minimum absolute atomic E-state index is 0.0253. The number of fused-ring (bicyclic) bond motifs is 1. The molecule has 6 heteroatoms. The van der Waals surface area contributed by atoms with Gasteiger partial charge in [0.05, 0.1) is 7.11 Å². The molecule has 1 spiro atoms. The molecule has 126 valence electrons. The Morgan fingerprint density at radius 3 is 2.71 bits per heavy atom. The van der Waals surface area contributed by atoms with Crippen LogP contribution in [-0.2, 0) is 4.79 Å². The Morgan fingerprint density at radius 2 is 2.04 bits per heavy atom. The molecule has 1 aromatic heterocycles. The number of benzene rings is 1. The second kappa shape index (κ2) is 5.54. The van der Waals surface area contributed by atoms with Crippen LogP contribution in [0.15, 0.2) is 24.3 Å². The Labute approximate surface area is 140 Å². The summed E-state index contributed by atoms with van der Waals surface area (Å²) < 4.78 is 5.23. The van der Waals surface area contributed by atoms with Crippen LogP contribution in [0.25, 0.3) is 10.9 Å². The minimum Gasteiger partial charge on any atom is -0.497 e. The van der Waals surface area contributed by atoms with Gasteiger partial charge in [0.1, 0.15) is 11.4 Å². The maximum atomic E-state index is 12.8. The molecule has 24 heavy (non-hydrogen) atoms. The first kappa shape index (κ1) is 15.1. The van der Waals surface area contributed by atoms with E-state index >= 15 is 0 Å². The Bertz CT molecular complexity index is 803. The number of nitrogens with zero attached hydrogens (tertiary/aromatic N) is 1. The molecule has 0 aliphatic carbocycles. The lowest BCUT2D eigenvalue weighted by Gasteiger charge is -2.38. The molecule has 0 unspecified atom stereocenters. The normalized spacial score (nSPS) is 19.7. The number of hydrogen-bond acceptors (Lipinski definition) is 3. The van der Waals surface area contributed by atoms with E-state index in [1.165, 1.54) is 0 Å². The molecule has 0 atom stereocenters. The third-order valence-corrected chi connectivity index (χ3v) is 5.37. The summed E-state index contributed by atoms with van der Waals surface area (Å²) in [5, 5.41) is 3.89. The Balaban J connectivity index is 1.49. The molecule has 2 amide bonds. The largest absolute Gasteiger partial charge is 0.497 e. The van der Waals surface area contributed by atoms with Crippen molar-refractivity contribution in [1.29, 1.82) is 0 Å². The third-order valence-electron chi connectivity index (χ3n) is 5.37. The minimum atomic E-state index is 0.0253. The number of piperidine rings is 1. The summed E-state index contributed by atoms with van der Waals surface area (Å²) in [7, 11) is 1.63. The van der Waals surface area contributed by atoms with Gasteiger partial charge in [0, 0.05) is 37.0 Å². The van der Waals surface area contributed by atoms with Crippen molar-refractivity contribution in [2.24, 2.45) is 5.41 Å². The van der Waals surface area contributed by atoms with Gasteiger partial charge in [-0.25, -0.2) is 0 Å². The van der Waals surface area contributed by atoms with Crippen molar-refractivity contribution >= 4 is 22.7 Å². The monoisotopic (exact) mass is 327 g/mol. The van der Waals surface area contributed by atoms with Crippen molar-refractivity contribution in [2.75, 3.05) is 26.7 Å². The van der Waals surface area contributed by atoms with Crippen LogP contribution in [0.2, 0.25) is 0 Å². The quantitative estimate of drug-likeness (QED) is 0.885. The van der Waals surface area contributed by atoms with Crippen LogP contribution in [0.3, 0.4) is 0 Å². The Hall–Kier alpha value is -2.50. The summed E-state index contributed by atoms with van der Waals surface area (Å²) in [6.07, 6.45) is 2.36. The zero-order valence-corrected chi connectivity index (χ0v) is 13.7. The van der Waals surface area contributed by atoms with Gasteiger partial charge in [-0.1, -0.05) is 0 Å². The Kier molecular flexibility index (Phi) is 3.48. The number of amides is 2. The smallest absolute Gasteiger partial charge is 0.270 e. The highest BCUT2D eigenvalue weighted by molar-refractivity contribution is 5.98. The van der Waals surface area contributed by atoms with E-state index in [2.05, 4.69) is 10.3 Å². The molecule has 3 heterocycles. The maximum absolute atomic E-state index is 12.8. The number of rotatable bonds is 2. The standard InChI is InChI=1S/C18H21N3O3/c1-24-13-2-3-14-12(8-13)9-15(20-14)17(23)21-6-4-18(5-7-21)10-16(22)19-11-18/h2-3,8-9,20H,4-7,10-11H2,1H3,(H,19,22). The average Bonchev–Trinajstić information content (AvgIpc) is 3.18. The van der Waals surface area contributed by atoms with Crippen LogP contribution in [0.5, 0.6) is 5.75 Å². The van der Waals surface area contributed by atoms with E-state index in [9.17, 15) is 9.59 Å². The average molecular weight is 327 g/mol. The summed E-state index contributed by atoms with van der Waals surface area (Å²) in [5.41, 5.74) is 1.59. The van der Waals surface area contributed by atoms with Crippen LogP contribution in [-0.4, -0.2) is 48.4 Å². The lowest BCUT2D eigenvalue weighted by molar-refractivity contribution is -0.119. The van der Waals surface area contributed by atoms with Crippen molar-refractivity contribution < 1.29 is 14.3 Å². The lowest BCUT2D eigenvalue weighted by atomic mass is 9.77. The number of carbonyl (C=O) groups is 2. The van der Waals surface area contributed by atoms with Crippen molar-refractivity contribution in [2.45, 2.75) is 19.3 Å². The molecule has 2 aromatic rings. The van der Waals surface area contributed by atoms with Gasteiger partial charge in [-0.3, -0.25) is 9.59 Å². The number of methoxy groups -OCH3 is 1. The molecule has 2 N–H and O–H groups in total. The van der Waals surface area contributed by atoms with Crippen LogP contribution in [0.1, 0.15) is 29.8 Å². The fraction of sp³-hybridized carbons (Fsp3) is 0.444. The fourth-order valence-electron chi connectivity index (χ4n) is 3.81. The number of ether oxygens (including phenoxy) is 1. The molecule has 1 aromatic carbocycles. The van der Waals surface area contributed by atoms with Crippen molar-refractivity contribution in [3.8, 4) is 5.75 Å². The van der Waals surface area contributed by atoms with Crippen molar-refractivity contribution in [3.63, 3.8) is 0 Å². The third kappa shape index (κ3) is 2.52. The van der Waals surface area contributed by atoms with E-state index in [0.717, 1.165) is 36.0 Å². The molecule has 0 radical (unpaired) electrons. The molecule has 2 saturated heterocycles. The maximum Gasteiger partial charge on any atom is 0.270 e. The van der Waals surface area contributed by atoms with Gasteiger partial charge in [-0.05, 0) is 42.5 Å². The summed E-state index contributed by atoms with van der Waals surface area (Å²) >= 11 is 0. The first-order valence-corrected chi connectivity index (χ1v) is 8.31. The molecular weight excluding hydrogens is 306 g/mol. The van der Waals surface area contributed by atoms with Gasteiger partial charge in [-0.15, -0.1) is 0 Å². The van der Waals surface area contributed by atoms with E-state index in [4.69, 9.17) is 4.74 Å². The number of carbonyl (C=O) groups excluding carboxylic acids is 2. The van der Waals surface area contributed by atoms with Gasteiger partial charge in [-0.2, -0.15) is 0 Å². The highest BCUT2D eigenvalue weighted by Gasteiger charge is 2.41. The molecule has 6 nitrogen and oxygen atoms in total. The molecule has 4 rings (SSSR count). The van der Waals surface area contributed by atoms with Crippen LogP contribution >= 0.6 is 0 Å². The fourth-order valence-corrected chi connectivity index (χ4v) is 3.81. The van der Waals surface area contributed by atoms with Gasteiger partial charge in [0.2, 0.25) is 5.91 Å². The lowest BCUT2D eigenvalue weighted by Crippen LogP contribution is -2.44. The van der Waals surface area contributed by atoms with Crippen molar-refractivity contribution in [1.82, 2.24) is 15.2 Å². The predicted octanol–water partition coefficient (Wildman–Crippen LogP) is 1.92. The van der Waals surface area contributed by atoms with E-state index in [-0.39, 0.29) is 17.2 Å². The van der Waals surface area contributed by atoms with E-state index in [1.54, 1.807) is 7.11 Å². The second-order valence-corrected chi connectivity index (χ2v) is 6.88. The summed E-state index contributed by atoms with van der Waals surface area (Å²) in [4.78, 5) is 29.4. The first-order valence-electron chi connectivity index (χ1n) is 8.31. The SMILES string of the molecule is COc1ccc2[nH]c(C(=O)N3CCC4(CC3)CNC(=O)C4)cc2c1. The topological polar surface area (TPSA) is 74.4 Å². The number of aromatic amines is 1. The molecular formula is C18H21N3O3. The number of likely N-dealkylation sites (tertiary alicyclic amines) is 1. The molecule has 0 saturated carbocycles. The zero-order chi connectivity index (χ0) is 16.7. The zero-order valence-electron chi connectivity index (χ0n) is 13.7. The summed E-state index contributed by atoms with van der Waals surface area (Å²) in [6, 6.07) is 7.60. The number of nitrogens with one attached hydrogen (secondary N) is 2.